The lowest BCUT2D eigenvalue weighted by Gasteiger charge is -2.08. The molecular weight excluding hydrogens is 194 g/mol. The number of carboxylic acid groups (broad SMARTS) is 1. The van der Waals surface area contributed by atoms with Crippen LogP contribution in [0.2, 0.25) is 0 Å². The number of carbonyl (C=O) groups is 1. The average Bonchev–Trinajstić information content (AvgIpc) is 2.55. The molecule has 1 fully saturated rings. The normalized spacial score (nSPS) is 18.7. The first-order valence-electron chi connectivity index (χ1n) is 5.47. The van der Waals surface area contributed by atoms with Gasteiger partial charge >= 0.3 is 5.97 Å². The van der Waals surface area contributed by atoms with E-state index >= 15 is 0 Å². The molecule has 0 aromatic carbocycles. The summed E-state index contributed by atoms with van der Waals surface area (Å²) in [6.07, 6.45) is 7.14. The molecule has 1 N–H and O–H groups in total. The second-order valence-corrected chi connectivity index (χ2v) is 4.11. The SMILES string of the molecule is O=C(O)c1cc(C2CCCCCC2)on1. The van der Waals surface area contributed by atoms with E-state index in [1.807, 2.05) is 0 Å². The molecule has 1 aromatic heterocycles. The van der Waals surface area contributed by atoms with Crippen LogP contribution in [0, 0.1) is 0 Å². The van der Waals surface area contributed by atoms with Gasteiger partial charge in [-0.1, -0.05) is 30.8 Å². The van der Waals surface area contributed by atoms with Crippen LogP contribution in [0.25, 0.3) is 0 Å². The molecule has 1 aliphatic carbocycles. The van der Waals surface area contributed by atoms with Crippen molar-refractivity contribution in [1.82, 2.24) is 5.16 Å². The highest BCUT2D eigenvalue weighted by Crippen LogP contribution is 2.31. The van der Waals surface area contributed by atoms with E-state index in [2.05, 4.69) is 5.16 Å². The van der Waals surface area contributed by atoms with Crippen LogP contribution < -0.4 is 0 Å². The van der Waals surface area contributed by atoms with Crippen LogP contribution in [-0.2, 0) is 0 Å². The molecule has 0 saturated heterocycles. The van der Waals surface area contributed by atoms with Gasteiger partial charge < -0.3 is 9.63 Å². The zero-order chi connectivity index (χ0) is 10.7. The first-order chi connectivity index (χ1) is 7.27. The summed E-state index contributed by atoms with van der Waals surface area (Å²) in [4.78, 5) is 10.6. The summed E-state index contributed by atoms with van der Waals surface area (Å²) in [5, 5.41) is 12.3. The monoisotopic (exact) mass is 209 g/mol. The lowest BCUT2D eigenvalue weighted by molar-refractivity contribution is 0.0685. The van der Waals surface area contributed by atoms with Crippen molar-refractivity contribution in [1.29, 1.82) is 0 Å². The fourth-order valence-corrected chi connectivity index (χ4v) is 2.15. The summed E-state index contributed by atoms with van der Waals surface area (Å²) < 4.78 is 5.09. The Morgan fingerprint density at radius 2 is 2.00 bits per heavy atom. The van der Waals surface area contributed by atoms with E-state index < -0.39 is 5.97 Å². The van der Waals surface area contributed by atoms with Gasteiger partial charge in [0.15, 0.2) is 5.69 Å². The molecule has 15 heavy (non-hydrogen) atoms. The van der Waals surface area contributed by atoms with Crippen LogP contribution in [0.4, 0.5) is 0 Å². The summed E-state index contributed by atoms with van der Waals surface area (Å²) in [6.45, 7) is 0. The Morgan fingerprint density at radius 1 is 1.33 bits per heavy atom. The zero-order valence-electron chi connectivity index (χ0n) is 8.61. The lowest BCUT2D eigenvalue weighted by atomic mass is 9.97. The highest BCUT2D eigenvalue weighted by Gasteiger charge is 2.20. The van der Waals surface area contributed by atoms with Crippen molar-refractivity contribution in [3.05, 3.63) is 17.5 Å². The maximum atomic E-state index is 10.6. The van der Waals surface area contributed by atoms with Crippen molar-refractivity contribution < 1.29 is 14.4 Å². The Kier molecular flexibility index (Phi) is 3.04. The fraction of sp³-hybridized carbons (Fsp3) is 0.636. The summed E-state index contributed by atoms with van der Waals surface area (Å²) >= 11 is 0. The molecule has 0 bridgehead atoms. The predicted molar refractivity (Wildman–Crippen MR) is 53.9 cm³/mol. The topological polar surface area (TPSA) is 63.3 Å². The van der Waals surface area contributed by atoms with Gasteiger partial charge in [0.1, 0.15) is 5.76 Å². The zero-order valence-corrected chi connectivity index (χ0v) is 8.61. The third-order valence-corrected chi connectivity index (χ3v) is 3.01. The Morgan fingerprint density at radius 3 is 2.53 bits per heavy atom. The maximum Gasteiger partial charge on any atom is 0.358 e. The van der Waals surface area contributed by atoms with Crippen molar-refractivity contribution in [3.63, 3.8) is 0 Å². The Labute approximate surface area is 88.3 Å². The number of hydrogen-bond donors (Lipinski definition) is 1. The molecule has 0 radical (unpaired) electrons. The van der Waals surface area contributed by atoms with E-state index in [-0.39, 0.29) is 5.69 Å². The van der Waals surface area contributed by atoms with E-state index in [0.29, 0.717) is 5.92 Å². The van der Waals surface area contributed by atoms with Crippen LogP contribution in [0.15, 0.2) is 10.6 Å². The summed E-state index contributed by atoms with van der Waals surface area (Å²) in [5.41, 5.74) is 0.0225. The molecule has 1 aliphatic rings. The molecule has 4 nitrogen and oxygen atoms in total. The standard InChI is InChI=1S/C11H15NO3/c13-11(14)9-7-10(15-12-9)8-5-3-1-2-4-6-8/h7-8H,1-6H2,(H,13,14). The third-order valence-electron chi connectivity index (χ3n) is 3.01. The van der Waals surface area contributed by atoms with Crippen molar-refractivity contribution >= 4 is 5.97 Å². The molecular formula is C11H15NO3. The molecule has 2 rings (SSSR count). The second-order valence-electron chi connectivity index (χ2n) is 4.11. The molecule has 0 aliphatic heterocycles. The van der Waals surface area contributed by atoms with Crippen LogP contribution in [0.3, 0.4) is 0 Å². The highest BCUT2D eigenvalue weighted by atomic mass is 16.5. The summed E-state index contributed by atoms with van der Waals surface area (Å²) in [7, 11) is 0. The van der Waals surface area contributed by atoms with Crippen LogP contribution >= 0.6 is 0 Å². The number of aromatic nitrogens is 1. The molecule has 0 spiro atoms. The van der Waals surface area contributed by atoms with Crippen LogP contribution in [0.5, 0.6) is 0 Å². The van der Waals surface area contributed by atoms with E-state index in [0.717, 1.165) is 18.6 Å². The Hall–Kier alpha value is -1.32. The first-order valence-corrected chi connectivity index (χ1v) is 5.47. The molecule has 0 unspecified atom stereocenters. The molecule has 4 heteroatoms. The lowest BCUT2D eigenvalue weighted by Crippen LogP contribution is -1.96. The average molecular weight is 209 g/mol. The van der Waals surface area contributed by atoms with Crippen LogP contribution in [-0.4, -0.2) is 16.2 Å². The smallest absolute Gasteiger partial charge is 0.358 e. The van der Waals surface area contributed by atoms with Crippen molar-refractivity contribution in [3.8, 4) is 0 Å². The van der Waals surface area contributed by atoms with Gasteiger partial charge in [0.05, 0.1) is 0 Å². The van der Waals surface area contributed by atoms with Gasteiger partial charge in [0.25, 0.3) is 0 Å². The number of nitrogens with zero attached hydrogens (tertiary/aromatic N) is 1. The van der Waals surface area contributed by atoms with Gasteiger partial charge in [-0.05, 0) is 12.8 Å². The largest absolute Gasteiger partial charge is 0.476 e. The van der Waals surface area contributed by atoms with Crippen molar-refractivity contribution in [2.75, 3.05) is 0 Å². The number of aromatic carboxylic acids is 1. The number of carboxylic acids is 1. The fourth-order valence-electron chi connectivity index (χ4n) is 2.15. The van der Waals surface area contributed by atoms with E-state index in [1.165, 1.54) is 25.7 Å². The van der Waals surface area contributed by atoms with Crippen molar-refractivity contribution in [2.45, 2.75) is 44.4 Å². The minimum atomic E-state index is -1.02. The summed E-state index contributed by atoms with van der Waals surface area (Å²) in [6, 6.07) is 1.57. The van der Waals surface area contributed by atoms with Gasteiger partial charge in [-0.2, -0.15) is 0 Å². The van der Waals surface area contributed by atoms with Gasteiger partial charge in [0, 0.05) is 12.0 Å². The van der Waals surface area contributed by atoms with E-state index in [4.69, 9.17) is 9.63 Å². The quantitative estimate of drug-likeness (QED) is 0.761. The number of rotatable bonds is 2. The Bertz CT molecular complexity index is 337. The number of hydrogen-bond acceptors (Lipinski definition) is 3. The second kappa shape index (κ2) is 4.47. The minimum absolute atomic E-state index is 0.0225. The van der Waals surface area contributed by atoms with Gasteiger partial charge in [0.2, 0.25) is 0 Å². The first kappa shape index (κ1) is 10.2. The molecule has 0 amide bonds. The molecule has 82 valence electrons. The molecule has 0 atom stereocenters. The van der Waals surface area contributed by atoms with E-state index in [1.54, 1.807) is 6.07 Å². The van der Waals surface area contributed by atoms with Gasteiger partial charge in [-0.15, -0.1) is 0 Å². The van der Waals surface area contributed by atoms with E-state index in [9.17, 15) is 4.79 Å². The third kappa shape index (κ3) is 2.37. The van der Waals surface area contributed by atoms with Crippen LogP contribution in [0.1, 0.15) is 60.7 Å². The Balaban J connectivity index is 2.10. The maximum absolute atomic E-state index is 10.6. The van der Waals surface area contributed by atoms with Crippen molar-refractivity contribution in [2.24, 2.45) is 0 Å². The molecule has 1 heterocycles. The predicted octanol–water partition coefficient (Wildman–Crippen LogP) is 2.81. The van der Waals surface area contributed by atoms with Gasteiger partial charge in [-0.25, -0.2) is 4.79 Å². The molecule has 1 saturated carbocycles. The minimum Gasteiger partial charge on any atom is -0.476 e. The van der Waals surface area contributed by atoms with Gasteiger partial charge in [-0.3, -0.25) is 0 Å². The highest BCUT2D eigenvalue weighted by molar-refractivity contribution is 5.85. The summed E-state index contributed by atoms with van der Waals surface area (Å²) in [5.74, 6) is 0.0982. The molecule has 1 aromatic rings.